The summed E-state index contributed by atoms with van der Waals surface area (Å²) in [7, 11) is 0. The topological polar surface area (TPSA) is 565 Å². The lowest BCUT2D eigenvalue weighted by Crippen LogP contribution is -2.61. The van der Waals surface area contributed by atoms with E-state index in [1.807, 2.05) is 6.26 Å². The third kappa shape index (κ3) is 28.4. The van der Waals surface area contributed by atoms with E-state index in [4.69, 9.17) is 33.8 Å². The highest BCUT2D eigenvalue weighted by Gasteiger charge is 2.43. The molecule has 0 saturated carbocycles. The first-order valence-corrected chi connectivity index (χ1v) is 38.4. The van der Waals surface area contributed by atoms with E-state index in [9.17, 15) is 67.4 Å². The molecule has 5 rings (SSSR count). The molecule has 0 unspecified atom stereocenters. The van der Waals surface area contributed by atoms with Crippen molar-refractivity contribution in [2.24, 2.45) is 28.9 Å². The highest BCUT2D eigenvalue weighted by atomic mass is 32.2. The largest absolute Gasteiger partial charge is 0.480 e. The van der Waals surface area contributed by atoms with Gasteiger partial charge in [0.15, 0.2) is 11.9 Å². The van der Waals surface area contributed by atoms with E-state index in [0.717, 1.165) is 0 Å². The lowest BCUT2D eigenvalue weighted by Gasteiger charge is -2.31. The van der Waals surface area contributed by atoms with Crippen molar-refractivity contribution in [1.29, 1.82) is 10.8 Å². The Bertz CT molecular complexity index is 3310. The monoisotopic (exact) mass is 1540 g/mol. The van der Waals surface area contributed by atoms with Crippen LogP contribution in [0.4, 0.5) is 0 Å². The maximum Gasteiger partial charge on any atom is 0.326 e. The summed E-state index contributed by atoms with van der Waals surface area (Å²) < 4.78 is 0. The van der Waals surface area contributed by atoms with Crippen LogP contribution in [-0.4, -0.2) is 260 Å². The molecule has 0 aliphatic carbocycles. The highest BCUT2D eigenvalue weighted by molar-refractivity contribution is 7.98. The number of aromatic nitrogens is 2. The lowest BCUT2D eigenvalue weighted by atomic mass is 10.0. The number of likely N-dealkylation sites (tertiary alicyclic amines) is 3. The van der Waals surface area contributed by atoms with Gasteiger partial charge in [-0.05, 0) is 126 Å². The average Bonchev–Trinajstić information content (AvgIpc) is 1.64. The highest BCUT2D eigenvalue weighted by Crippen LogP contribution is 2.24. The number of thiol groups is 2. The Kier molecular flexibility index (Phi) is 37.7. The molecule has 4 heterocycles. The Labute approximate surface area is 631 Å². The summed E-state index contributed by atoms with van der Waals surface area (Å²) in [6, 6.07) is -5.84. The van der Waals surface area contributed by atoms with Gasteiger partial charge in [-0.1, -0.05) is 44.2 Å². The number of hydrogen-bond acceptors (Lipinski definition) is 21. The lowest BCUT2D eigenvalue weighted by molar-refractivity contribution is -0.145. The number of unbranched alkanes of at least 4 members (excludes halogenated alkanes) is 1. The third-order valence-corrected chi connectivity index (χ3v) is 19.6. The van der Waals surface area contributed by atoms with Gasteiger partial charge in [0.25, 0.3) is 0 Å². The summed E-state index contributed by atoms with van der Waals surface area (Å²) in [6.45, 7) is 3.93. The molecule has 39 heteroatoms. The molecular weight excluding hydrogens is 1430 g/mol. The number of nitrogens with two attached hydrogens (primary N) is 4. The number of carbonyl (C=O) groups is 13. The molecule has 3 aliphatic rings. The maximum absolute atomic E-state index is 14.5. The van der Waals surface area contributed by atoms with Crippen molar-refractivity contribution in [2.45, 2.75) is 196 Å². The molecule has 1 aromatic carbocycles. The second-order valence-corrected chi connectivity index (χ2v) is 28.5. The summed E-state index contributed by atoms with van der Waals surface area (Å²) >= 11 is 9.91. The molecule has 106 heavy (non-hydrogen) atoms. The van der Waals surface area contributed by atoms with E-state index in [0.29, 0.717) is 49.1 Å². The predicted octanol–water partition coefficient (Wildman–Crippen LogP) is -4.11. The fraction of sp³-hybridized carbons (Fsp3) is 0.642. The van der Waals surface area contributed by atoms with Crippen molar-refractivity contribution >= 4 is 126 Å². The predicted molar refractivity (Wildman–Crippen MR) is 402 cm³/mol. The number of imidazole rings is 1. The molecule has 1 aromatic heterocycles. The zero-order valence-corrected chi connectivity index (χ0v) is 62.9. The number of nitrogens with zero attached hydrogens (tertiary/aromatic N) is 4. The number of benzene rings is 1. The normalized spacial score (nSPS) is 18.0. The number of carbonyl (C=O) groups excluding carboxylic acids is 12. The van der Waals surface area contributed by atoms with Gasteiger partial charge in [0.05, 0.1) is 24.6 Å². The Balaban J connectivity index is 1.26. The number of nitrogens with one attached hydrogen (secondary N) is 14. The van der Waals surface area contributed by atoms with Crippen LogP contribution in [0.5, 0.6) is 0 Å². The summed E-state index contributed by atoms with van der Waals surface area (Å²) in [5.74, 6) is -10.7. The van der Waals surface area contributed by atoms with Crippen molar-refractivity contribution in [1.82, 2.24) is 83.2 Å². The molecule has 3 aliphatic heterocycles. The quantitative estimate of drug-likeness (QED) is 0.0130. The summed E-state index contributed by atoms with van der Waals surface area (Å²) in [5, 5.41) is 54.6. The van der Waals surface area contributed by atoms with Crippen LogP contribution in [-0.2, 0) is 75.2 Å². The van der Waals surface area contributed by atoms with Crippen LogP contribution in [0.15, 0.2) is 42.9 Å². The van der Waals surface area contributed by atoms with Crippen LogP contribution in [0, 0.1) is 16.7 Å². The van der Waals surface area contributed by atoms with Crippen molar-refractivity contribution in [3.8, 4) is 0 Å². The Morgan fingerprint density at radius 3 is 1.58 bits per heavy atom. The van der Waals surface area contributed by atoms with Crippen LogP contribution in [0.3, 0.4) is 0 Å². The number of amides is 12. The van der Waals surface area contributed by atoms with Gasteiger partial charge in [-0.25, -0.2) is 9.78 Å². The second-order valence-electron chi connectivity index (χ2n) is 26.8. The minimum Gasteiger partial charge on any atom is -0.480 e. The van der Waals surface area contributed by atoms with Crippen LogP contribution in [0.1, 0.15) is 121 Å². The van der Waals surface area contributed by atoms with Gasteiger partial charge < -0.3 is 106 Å². The second kappa shape index (κ2) is 45.5. The number of carboxylic acids is 1. The van der Waals surface area contributed by atoms with E-state index in [2.05, 4.69) is 93.7 Å². The van der Waals surface area contributed by atoms with Crippen LogP contribution in [0.25, 0.3) is 0 Å². The van der Waals surface area contributed by atoms with Gasteiger partial charge in [0, 0.05) is 63.3 Å². The fourth-order valence-electron chi connectivity index (χ4n) is 12.6. The number of aliphatic carboxylic acids is 1. The molecule has 3 fully saturated rings. The molecule has 3 saturated heterocycles. The van der Waals surface area contributed by atoms with E-state index < -0.39 is 156 Å². The number of guanidine groups is 2. The molecule has 23 N–H and O–H groups in total. The summed E-state index contributed by atoms with van der Waals surface area (Å²) in [5.41, 5.74) is 23.7. The zero-order valence-electron chi connectivity index (χ0n) is 60.3. The Morgan fingerprint density at radius 2 is 1.05 bits per heavy atom. The van der Waals surface area contributed by atoms with Gasteiger partial charge in [-0.15, -0.1) is 0 Å². The molecular formula is C67H108N22O14S3. The minimum atomic E-state index is -1.46. The first-order valence-electron chi connectivity index (χ1n) is 35.8. The molecule has 12 amide bonds. The third-order valence-electron chi connectivity index (χ3n) is 18.2. The van der Waals surface area contributed by atoms with Gasteiger partial charge in [-0.2, -0.15) is 37.0 Å². The number of H-pyrrole nitrogens is 1. The average molecular weight is 1540 g/mol. The molecule has 0 spiro atoms. The Morgan fingerprint density at radius 1 is 0.575 bits per heavy atom. The summed E-state index contributed by atoms with van der Waals surface area (Å²) in [6.07, 6.45) is 7.80. The number of aromatic amines is 1. The zero-order chi connectivity index (χ0) is 78.0. The van der Waals surface area contributed by atoms with Gasteiger partial charge >= 0.3 is 5.97 Å². The van der Waals surface area contributed by atoms with E-state index in [1.165, 1.54) is 39.0 Å². The van der Waals surface area contributed by atoms with Crippen molar-refractivity contribution in [3.63, 3.8) is 0 Å². The molecule has 36 nitrogen and oxygen atoms in total. The smallest absolute Gasteiger partial charge is 0.326 e. The number of hydrogen-bond donors (Lipinski definition) is 21. The molecule has 588 valence electrons. The first-order chi connectivity index (χ1) is 50.6. The maximum atomic E-state index is 14.5. The first kappa shape index (κ1) is 87.7. The van der Waals surface area contributed by atoms with Crippen molar-refractivity contribution < 1.29 is 67.4 Å². The molecule has 12 atom stereocenters. The minimum absolute atomic E-state index is 0.0148. The number of rotatable bonds is 45. The van der Waals surface area contributed by atoms with Crippen LogP contribution in [0.2, 0.25) is 0 Å². The van der Waals surface area contributed by atoms with E-state index in [1.54, 1.807) is 44.2 Å². The van der Waals surface area contributed by atoms with Gasteiger partial charge in [0.1, 0.15) is 66.5 Å². The Hall–Kier alpha value is -8.95. The molecule has 0 radical (unpaired) electrons. The van der Waals surface area contributed by atoms with Crippen LogP contribution >= 0.6 is 37.0 Å². The number of thioether (sulfide) groups is 1. The van der Waals surface area contributed by atoms with Crippen LogP contribution < -0.4 is 81.4 Å². The molecule has 2 aromatic rings. The van der Waals surface area contributed by atoms with E-state index in [-0.39, 0.29) is 146 Å². The fourth-order valence-corrected chi connectivity index (χ4v) is 13.5. The SMILES string of the molecule is CSCC[C@H](NC(=O)[C@@H]1CCCN1C(=O)CNC(=O)[C@H](CCCCN)NC(=O)[C@H](Cc1c[nH]cn1)NC(=O)[C@H](CS)NC(=O)[C@H](CC(C)C)NC(=O)[C@H](CCCNC(=N)N)NC(=O)[C@@H]1CCCN1C(=O)[C@H](CCCNC(=N)N)NC(=O)[C@@H](N)CS)C(=O)N1CCC[C@H]1C(=O)N[C@@H](Cc1ccccc1)C(=O)O. The number of carboxylic acid groups (broad SMARTS) is 1. The standard InChI is InChI=1S/C67H108N22O14S3/c1-38(2)30-46(83-56(93)43(17-9-24-75-66(70)71)80-61(98)51-20-12-27-88(51)63(100)44(18-10-25-76-67(72)73)81-54(91)41(69)35-104)57(94)86-49(36-105)59(96)84-47(32-40-33-74-37-78-40)58(95)79-42(16-7-8-23-68)55(92)77-34-53(90)87-26-11-19-50(87)60(97)82-45(22-29-106-3)64(101)89-28-13-21-52(89)62(99)85-48(65(102)103)31-39-14-5-4-6-15-39/h4-6,14-15,33,37-38,41-52,104-105H,7-13,16-32,34-36,68-69H2,1-3H3,(H,74,78)(H,77,92)(H,79,95)(H,80,98)(H,81,91)(H,82,97)(H,83,93)(H,84,96)(H,85,99)(H,86,94)(H,102,103)(H4,70,71,75)(H4,72,73,76)/t41-,42-,43-,44-,45-,46-,47-,48-,49-,50-,51-,52-/m0/s1. The van der Waals surface area contributed by atoms with Crippen molar-refractivity contribution in [3.05, 3.63) is 54.1 Å². The van der Waals surface area contributed by atoms with Gasteiger partial charge in [0.2, 0.25) is 70.9 Å². The van der Waals surface area contributed by atoms with Gasteiger partial charge in [-0.3, -0.25) is 68.4 Å². The van der Waals surface area contributed by atoms with Crippen molar-refractivity contribution in [2.75, 3.05) is 69.3 Å². The van der Waals surface area contributed by atoms with E-state index >= 15 is 0 Å². The summed E-state index contributed by atoms with van der Waals surface area (Å²) in [4.78, 5) is 193. The molecule has 0 bridgehead atoms.